The van der Waals surface area contributed by atoms with E-state index in [-0.39, 0.29) is 5.91 Å². The molecule has 2 aromatic rings. The normalized spacial score (nSPS) is 18.4. The van der Waals surface area contributed by atoms with Crippen LogP contribution in [0, 0.1) is 0 Å². The molecule has 5 heteroatoms. The molecular weight excluding hydrogens is 294 g/mol. The number of hydrogen-bond acceptors (Lipinski definition) is 4. The molecule has 0 spiro atoms. The molecule has 4 nitrogen and oxygen atoms in total. The van der Waals surface area contributed by atoms with E-state index in [2.05, 4.69) is 22.4 Å². The molecule has 1 aromatic carbocycles. The number of carbonyl (C=O) groups is 1. The first-order chi connectivity index (χ1) is 10.8. The highest BCUT2D eigenvalue weighted by atomic mass is 32.1. The van der Waals surface area contributed by atoms with Gasteiger partial charge in [0.25, 0.3) is 5.91 Å². The summed E-state index contributed by atoms with van der Waals surface area (Å²) in [4.78, 5) is 19.7. The molecule has 22 heavy (non-hydrogen) atoms. The summed E-state index contributed by atoms with van der Waals surface area (Å²) in [5, 5.41) is 4.27. The first-order valence-corrected chi connectivity index (χ1v) is 8.53. The summed E-state index contributed by atoms with van der Waals surface area (Å²) in [5.74, 6) is 0.122. The van der Waals surface area contributed by atoms with Crippen molar-refractivity contribution in [1.82, 2.24) is 15.2 Å². The van der Waals surface area contributed by atoms with Crippen molar-refractivity contribution in [3.8, 4) is 0 Å². The molecule has 0 bridgehead atoms. The zero-order valence-electron chi connectivity index (χ0n) is 12.8. The van der Waals surface area contributed by atoms with E-state index >= 15 is 0 Å². The molecule has 2 heterocycles. The van der Waals surface area contributed by atoms with E-state index in [0.717, 1.165) is 42.2 Å². The molecule has 1 unspecified atom stereocenters. The number of thiazole rings is 1. The minimum atomic E-state index is 0.122. The van der Waals surface area contributed by atoms with E-state index < -0.39 is 0 Å². The Balaban J connectivity index is 1.66. The highest BCUT2D eigenvalue weighted by molar-refractivity contribution is 7.13. The first kappa shape index (κ1) is 15.2. The number of amides is 1. The lowest BCUT2D eigenvalue weighted by molar-refractivity contribution is 0.0703. The smallest absolute Gasteiger partial charge is 0.265 e. The van der Waals surface area contributed by atoms with E-state index in [1.807, 2.05) is 30.1 Å². The number of carbonyl (C=O) groups excluding carboxylic acids is 1. The average molecular weight is 315 g/mol. The van der Waals surface area contributed by atoms with Crippen molar-refractivity contribution < 1.29 is 4.79 Å². The van der Waals surface area contributed by atoms with Gasteiger partial charge in [0.15, 0.2) is 0 Å². The Labute approximate surface area is 135 Å². The van der Waals surface area contributed by atoms with Crippen molar-refractivity contribution in [2.24, 2.45) is 0 Å². The molecule has 0 radical (unpaired) electrons. The van der Waals surface area contributed by atoms with E-state index in [1.165, 1.54) is 16.9 Å². The van der Waals surface area contributed by atoms with Gasteiger partial charge in [-0.15, -0.1) is 11.3 Å². The zero-order chi connectivity index (χ0) is 15.4. The number of nitrogens with zero attached hydrogens (tertiary/aromatic N) is 2. The van der Waals surface area contributed by atoms with Crippen molar-refractivity contribution in [1.29, 1.82) is 0 Å². The van der Waals surface area contributed by atoms with Gasteiger partial charge >= 0.3 is 0 Å². The Hall–Kier alpha value is -1.72. The van der Waals surface area contributed by atoms with Crippen LogP contribution in [0.15, 0.2) is 36.5 Å². The first-order valence-electron chi connectivity index (χ1n) is 7.71. The highest BCUT2D eigenvalue weighted by Crippen LogP contribution is 2.20. The Morgan fingerprint density at radius 3 is 3.00 bits per heavy atom. The van der Waals surface area contributed by atoms with Gasteiger partial charge < -0.3 is 10.2 Å². The van der Waals surface area contributed by atoms with E-state index in [4.69, 9.17) is 0 Å². The second-order valence-electron chi connectivity index (χ2n) is 5.66. The van der Waals surface area contributed by atoms with Gasteiger partial charge in [-0.2, -0.15) is 0 Å². The zero-order valence-corrected chi connectivity index (χ0v) is 13.6. The van der Waals surface area contributed by atoms with Crippen LogP contribution < -0.4 is 5.32 Å². The van der Waals surface area contributed by atoms with Gasteiger partial charge in [-0.1, -0.05) is 30.3 Å². The molecule has 1 N–H and O–H groups in total. The van der Waals surface area contributed by atoms with Crippen molar-refractivity contribution in [2.45, 2.75) is 25.3 Å². The van der Waals surface area contributed by atoms with Crippen LogP contribution in [0.2, 0.25) is 0 Å². The third-order valence-corrected chi connectivity index (χ3v) is 5.06. The lowest BCUT2D eigenvalue weighted by Gasteiger charge is -2.32. The van der Waals surface area contributed by atoms with Crippen LogP contribution in [-0.2, 0) is 6.42 Å². The van der Waals surface area contributed by atoms with Crippen molar-refractivity contribution in [2.75, 3.05) is 20.1 Å². The van der Waals surface area contributed by atoms with Crippen molar-refractivity contribution >= 4 is 17.2 Å². The van der Waals surface area contributed by atoms with Gasteiger partial charge in [0.05, 0.1) is 11.2 Å². The number of likely N-dealkylation sites (N-methyl/N-ethyl adjacent to an activating group) is 1. The number of hydrogen-bond donors (Lipinski definition) is 1. The summed E-state index contributed by atoms with van der Waals surface area (Å²) in [7, 11) is 1.96. The summed E-state index contributed by atoms with van der Waals surface area (Å²) >= 11 is 1.52. The van der Waals surface area contributed by atoms with E-state index in [1.54, 1.807) is 6.20 Å². The molecule has 1 atom stereocenters. The maximum atomic E-state index is 12.6. The van der Waals surface area contributed by atoms with Crippen LogP contribution in [-0.4, -0.2) is 42.0 Å². The number of piperidine rings is 1. The summed E-state index contributed by atoms with van der Waals surface area (Å²) in [5.41, 5.74) is 1.23. The number of aromatic nitrogens is 1. The molecule has 1 aliphatic rings. The minimum Gasteiger partial charge on any atom is -0.336 e. The van der Waals surface area contributed by atoms with Crippen LogP contribution in [0.25, 0.3) is 0 Å². The van der Waals surface area contributed by atoms with Gasteiger partial charge in [-0.3, -0.25) is 4.79 Å². The summed E-state index contributed by atoms with van der Waals surface area (Å²) in [6.07, 6.45) is 4.72. The van der Waals surface area contributed by atoms with E-state index in [9.17, 15) is 4.79 Å². The quantitative estimate of drug-likeness (QED) is 0.943. The lowest BCUT2D eigenvalue weighted by atomic mass is 10.1. The van der Waals surface area contributed by atoms with E-state index in [0.29, 0.717) is 6.04 Å². The molecule has 0 saturated carbocycles. The van der Waals surface area contributed by atoms with Crippen LogP contribution in [0.4, 0.5) is 0 Å². The topological polar surface area (TPSA) is 45.2 Å². The lowest BCUT2D eigenvalue weighted by Crippen LogP contribution is -2.46. The maximum Gasteiger partial charge on any atom is 0.265 e. The van der Waals surface area contributed by atoms with Gasteiger partial charge in [-0.25, -0.2) is 4.98 Å². The largest absolute Gasteiger partial charge is 0.336 e. The molecule has 1 saturated heterocycles. The third-order valence-electron chi connectivity index (χ3n) is 4.08. The molecule has 0 aliphatic carbocycles. The second kappa shape index (κ2) is 7.03. The maximum absolute atomic E-state index is 12.6. The Kier molecular flexibility index (Phi) is 4.85. The molecular formula is C17H21N3OS. The van der Waals surface area contributed by atoms with Gasteiger partial charge in [0.1, 0.15) is 4.88 Å². The Morgan fingerprint density at radius 1 is 1.41 bits per heavy atom. The standard InChI is InChI=1S/C17H21N3OS/c1-18-14-8-5-9-20(12-14)17(21)15-11-19-16(22-15)10-13-6-3-2-4-7-13/h2-4,6-7,11,14,18H,5,8-10,12H2,1H3. The van der Waals surface area contributed by atoms with Crippen LogP contribution in [0.5, 0.6) is 0 Å². The fourth-order valence-electron chi connectivity index (χ4n) is 2.81. The third kappa shape index (κ3) is 3.54. The van der Waals surface area contributed by atoms with Crippen molar-refractivity contribution in [3.63, 3.8) is 0 Å². The fourth-order valence-corrected chi connectivity index (χ4v) is 3.73. The SMILES string of the molecule is CNC1CCCN(C(=O)c2cnc(Cc3ccccc3)s2)C1. The minimum absolute atomic E-state index is 0.122. The highest BCUT2D eigenvalue weighted by Gasteiger charge is 2.24. The fraction of sp³-hybridized carbons (Fsp3) is 0.412. The van der Waals surface area contributed by atoms with Crippen LogP contribution in [0.1, 0.15) is 33.1 Å². The monoisotopic (exact) mass is 315 g/mol. The number of likely N-dealkylation sites (tertiary alicyclic amines) is 1. The Morgan fingerprint density at radius 2 is 2.23 bits per heavy atom. The van der Waals surface area contributed by atoms with Crippen LogP contribution >= 0.6 is 11.3 Å². The number of benzene rings is 1. The van der Waals surface area contributed by atoms with Crippen LogP contribution in [0.3, 0.4) is 0 Å². The van der Waals surface area contributed by atoms with Crippen molar-refractivity contribution in [3.05, 3.63) is 52.0 Å². The summed E-state index contributed by atoms with van der Waals surface area (Å²) in [6.45, 7) is 1.64. The molecule has 1 fully saturated rings. The Bertz CT molecular complexity index is 626. The summed E-state index contributed by atoms with van der Waals surface area (Å²) < 4.78 is 0. The molecule has 3 rings (SSSR count). The van der Waals surface area contributed by atoms with Gasteiger partial charge in [-0.05, 0) is 25.5 Å². The number of rotatable bonds is 4. The van der Waals surface area contributed by atoms with Gasteiger partial charge in [0.2, 0.25) is 0 Å². The molecule has 1 amide bonds. The second-order valence-corrected chi connectivity index (χ2v) is 6.77. The predicted octanol–water partition coefficient (Wildman–Crippen LogP) is 2.56. The number of nitrogens with one attached hydrogen (secondary N) is 1. The molecule has 116 valence electrons. The van der Waals surface area contributed by atoms with Gasteiger partial charge in [0, 0.05) is 25.6 Å². The summed E-state index contributed by atoms with van der Waals surface area (Å²) in [6, 6.07) is 10.7. The molecule has 1 aromatic heterocycles. The average Bonchev–Trinajstić information content (AvgIpc) is 3.03. The predicted molar refractivity (Wildman–Crippen MR) is 89.3 cm³/mol. The molecule has 1 aliphatic heterocycles.